The van der Waals surface area contributed by atoms with E-state index < -0.39 is 5.60 Å². The van der Waals surface area contributed by atoms with Gasteiger partial charge >= 0.3 is 0 Å². The summed E-state index contributed by atoms with van der Waals surface area (Å²) >= 11 is 0. The Labute approximate surface area is 165 Å². The maximum absolute atomic E-state index is 10.9. The monoisotopic (exact) mass is 390 g/mol. The SMILES string of the molecule is CC1CN(c2ncnc3c2ncn3CC2(O)CCOCC2)C(C)CN1CCO. The van der Waals surface area contributed by atoms with Crippen molar-refractivity contribution in [1.29, 1.82) is 0 Å². The van der Waals surface area contributed by atoms with Gasteiger partial charge in [0.15, 0.2) is 17.0 Å². The minimum atomic E-state index is -0.783. The second kappa shape index (κ2) is 7.90. The molecular formula is C19H30N6O3. The van der Waals surface area contributed by atoms with Gasteiger partial charge in [-0.2, -0.15) is 0 Å². The molecule has 0 radical (unpaired) electrons. The zero-order chi connectivity index (χ0) is 19.7. The fraction of sp³-hybridized carbons (Fsp3) is 0.737. The van der Waals surface area contributed by atoms with Gasteiger partial charge in [0, 0.05) is 57.8 Å². The highest BCUT2D eigenvalue weighted by Gasteiger charge is 2.33. The molecule has 2 N–H and O–H groups in total. The van der Waals surface area contributed by atoms with Crippen LogP contribution >= 0.6 is 0 Å². The van der Waals surface area contributed by atoms with Crippen molar-refractivity contribution in [3.8, 4) is 0 Å². The van der Waals surface area contributed by atoms with Crippen LogP contribution in [0.3, 0.4) is 0 Å². The highest BCUT2D eigenvalue weighted by atomic mass is 16.5. The van der Waals surface area contributed by atoms with Crippen molar-refractivity contribution in [3.63, 3.8) is 0 Å². The van der Waals surface area contributed by atoms with E-state index in [1.165, 1.54) is 0 Å². The highest BCUT2D eigenvalue weighted by Crippen LogP contribution is 2.29. The van der Waals surface area contributed by atoms with Gasteiger partial charge < -0.3 is 24.4 Å². The number of nitrogens with zero attached hydrogens (tertiary/aromatic N) is 6. The molecule has 0 saturated carbocycles. The molecule has 2 saturated heterocycles. The molecule has 2 aromatic rings. The fourth-order valence-electron chi connectivity index (χ4n) is 4.35. The molecule has 2 atom stereocenters. The quantitative estimate of drug-likeness (QED) is 0.750. The number of ether oxygens (including phenoxy) is 1. The number of anilines is 1. The Morgan fingerprint density at radius 2 is 1.93 bits per heavy atom. The van der Waals surface area contributed by atoms with E-state index in [0.29, 0.717) is 45.2 Å². The summed E-state index contributed by atoms with van der Waals surface area (Å²) in [6.07, 6.45) is 4.58. The van der Waals surface area contributed by atoms with Crippen LogP contribution in [0, 0.1) is 0 Å². The van der Waals surface area contributed by atoms with Crippen LogP contribution in [0.15, 0.2) is 12.7 Å². The number of rotatable bonds is 5. The molecule has 2 aromatic heterocycles. The number of imidazole rings is 1. The zero-order valence-electron chi connectivity index (χ0n) is 16.7. The summed E-state index contributed by atoms with van der Waals surface area (Å²) in [5.74, 6) is 0.839. The molecule has 9 nitrogen and oxygen atoms in total. The van der Waals surface area contributed by atoms with Gasteiger partial charge in [-0.05, 0) is 13.8 Å². The van der Waals surface area contributed by atoms with E-state index in [1.54, 1.807) is 12.7 Å². The van der Waals surface area contributed by atoms with Crippen LogP contribution in [-0.2, 0) is 11.3 Å². The van der Waals surface area contributed by atoms with Gasteiger partial charge in [0.2, 0.25) is 0 Å². The molecule has 154 valence electrons. The van der Waals surface area contributed by atoms with E-state index >= 15 is 0 Å². The van der Waals surface area contributed by atoms with Gasteiger partial charge in [0.25, 0.3) is 0 Å². The van der Waals surface area contributed by atoms with Gasteiger partial charge in [0.1, 0.15) is 6.33 Å². The van der Waals surface area contributed by atoms with Crippen molar-refractivity contribution in [2.75, 3.05) is 44.4 Å². The average molecular weight is 390 g/mol. The Hall–Kier alpha value is -1.81. The molecule has 2 aliphatic rings. The third kappa shape index (κ3) is 3.71. The predicted octanol–water partition coefficient (Wildman–Crippen LogP) is 0.259. The first-order chi connectivity index (χ1) is 13.5. The van der Waals surface area contributed by atoms with Crippen LogP contribution in [0.1, 0.15) is 26.7 Å². The van der Waals surface area contributed by atoms with Crippen molar-refractivity contribution in [2.24, 2.45) is 0 Å². The minimum Gasteiger partial charge on any atom is -0.395 e. The number of hydrogen-bond donors (Lipinski definition) is 2. The van der Waals surface area contributed by atoms with Gasteiger partial charge in [-0.25, -0.2) is 15.0 Å². The van der Waals surface area contributed by atoms with Crippen molar-refractivity contribution < 1.29 is 14.9 Å². The number of aliphatic hydroxyl groups excluding tert-OH is 1. The molecule has 2 fully saturated rings. The summed E-state index contributed by atoms with van der Waals surface area (Å²) in [4.78, 5) is 18.2. The molecule has 0 aliphatic carbocycles. The molecule has 2 aliphatic heterocycles. The Balaban J connectivity index is 1.60. The molecule has 0 bridgehead atoms. The van der Waals surface area contributed by atoms with Crippen LogP contribution in [-0.4, -0.2) is 91.8 Å². The lowest BCUT2D eigenvalue weighted by Crippen LogP contribution is -2.57. The molecule has 2 unspecified atom stereocenters. The molecule has 28 heavy (non-hydrogen) atoms. The van der Waals surface area contributed by atoms with Crippen LogP contribution in [0.2, 0.25) is 0 Å². The molecule has 0 aromatic carbocycles. The van der Waals surface area contributed by atoms with E-state index in [4.69, 9.17) is 4.74 Å². The summed E-state index contributed by atoms with van der Waals surface area (Å²) in [6.45, 7) is 8.52. The smallest absolute Gasteiger partial charge is 0.165 e. The van der Waals surface area contributed by atoms with Gasteiger partial charge in [-0.1, -0.05) is 0 Å². The summed E-state index contributed by atoms with van der Waals surface area (Å²) < 4.78 is 7.31. The Morgan fingerprint density at radius 3 is 2.68 bits per heavy atom. The molecule has 9 heteroatoms. The van der Waals surface area contributed by atoms with Crippen molar-refractivity contribution in [1.82, 2.24) is 24.4 Å². The number of fused-ring (bicyclic) bond motifs is 1. The Kier molecular flexibility index (Phi) is 5.50. The van der Waals surface area contributed by atoms with Crippen LogP contribution in [0.5, 0.6) is 0 Å². The van der Waals surface area contributed by atoms with Gasteiger partial charge in [-0.15, -0.1) is 0 Å². The van der Waals surface area contributed by atoms with Crippen LogP contribution in [0.4, 0.5) is 5.82 Å². The first-order valence-electron chi connectivity index (χ1n) is 10.1. The molecule has 4 heterocycles. The number of β-amino-alcohol motifs (C(OH)–C–C–N with tert-alkyl or cyclic N) is 1. The standard InChI is InChI=1S/C19H30N6O3/c1-14-10-25(15(2)9-23(14)5-6-26)18-16-17(20-12-21-18)24(13-22-16)11-19(27)3-7-28-8-4-19/h12-15,26-27H,3-11H2,1-2H3. The van der Waals surface area contributed by atoms with Gasteiger partial charge in [-0.3, -0.25) is 4.90 Å². The van der Waals surface area contributed by atoms with Gasteiger partial charge in [0.05, 0.1) is 25.1 Å². The molecule has 4 rings (SSSR count). The largest absolute Gasteiger partial charge is 0.395 e. The lowest BCUT2D eigenvalue weighted by atomic mass is 9.94. The summed E-state index contributed by atoms with van der Waals surface area (Å²) in [7, 11) is 0. The van der Waals surface area contributed by atoms with Crippen molar-refractivity contribution >= 4 is 17.0 Å². The van der Waals surface area contributed by atoms with E-state index in [9.17, 15) is 10.2 Å². The van der Waals surface area contributed by atoms with Crippen molar-refractivity contribution in [2.45, 2.75) is 50.9 Å². The van der Waals surface area contributed by atoms with E-state index in [2.05, 4.69) is 38.6 Å². The number of hydrogen-bond acceptors (Lipinski definition) is 8. The fourth-order valence-corrected chi connectivity index (χ4v) is 4.35. The summed E-state index contributed by atoms with van der Waals surface area (Å²) in [5, 5.41) is 20.2. The lowest BCUT2D eigenvalue weighted by Gasteiger charge is -2.44. The minimum absolute atomic E-state index is 0.174. The predicted molar refractivity (Wildman–Crippen MR) is 105 cm³/mol. The van der Waals surface area contributed by atoms with E-state index in [-0.39, 0.29) is 12.6 Å². The van der Waals surface area contributed by atoms with E-state index in [1.807, 2.05) is 4.57 Å². The zero-order valence-corrected chi connectivity index (χ0v) is 16.7. The normalized spacial score (nSPS) is 26.1. The third-order valence-corrected chi connectivity index (χ3v) is 6.04. The van der Waals surface area contributed by atoms with Crippen molar-refractivity contribution in [3.05, 3.63) is 12.7 Å². The second-order valence-corrected chi connectivity index (χ2v) is 8.15. The molecular weight excluding hydrogens is 360 g/mol. The number of piperazine rings is 1. The van der Waals surface area contributed by atoms with Crippen LogP contribution < -0.4 is 4.90 Å². The first-order valence-corrected chi connectivity index (χ1v) is 10.1. The Bertz CT molecular complexity index is 806. The Morgan fingerprint density at radius 1 is 1.14 bits per heavy atom. The van der Waals surface area contributed by atoms with Crippen LogP contribution in [0.25, 0.3) is 11.2 Å². The lowest BCUT2D eigenvalue weighted by molar-refractivity contribution is -0.0723. The maximum atomic E-state index is 10.9. The average Bonchev–Trinajstić information content (AvgIpc) is 3.08. The number of aromatic nitrogens is 4. The topological polar surface area (TPSA) is 99.8 Å². The second-order valence-electron chi connectivity index (χ2n) is 8.15. The highest BCUT2D eigenvalue weighted by molar-refractivity contribution is 5.83. The summed E-state index contributed by atoms with van der Waals surface area (Å²) in [5.41, 5.74) is 0.740. The maximum Gasteiger partial charge on any atom is 0.165 e. The number of aliphatic hydroxyl groups is 2. The summed E-state index contributed by atoms with van der Waals surface area (Å²) in [6, 6.07) is 0.573. The third-order valence-electron chi connectivity index (χ3n) is 6.04. The molecule has 0 spiro atoms. The molecule has 0 amide bonds. The first kappa shape index (κ1) is 19.5. The van der Waals surface area contributed by atoms with E-state index in [0.717, 1.165) is 30.1 Å².